The highest BCUT2D eigenvalue weighted by Gasteiger charge is 2.25. The number of carbonyl (C=O) groups is 1. The molecule has 1 heterocycles. The van der Waals surface area contributed by atoms with Gasteiger partial charge in [-0.15, -0.1) is 0 Å². The van der Waals surface area contributed by atoms with Gasteiger partial charge in [-0.25, -0.2) is 4.98 Å². The highest BCUT2D eigenvalue weighted by molar-refractivity contribution is 9.10. The number of hydrogen-bond acceptors (Lipinski definition) is 2. The summed E-state index contributed by atoms with van der Waals surface area (Å²) < 4.78 is 0.885. The van der Waals surface area contributed by atoms with E-state index in [0.717, 1.165) is 4.47 Å². The van der Waals surface area contributed by atoms with Crippen molar-refractivity contribution in [1.29, 1.82) is 0 Å². The van der Waals surface area contributed by atoms with Crippen LogP contribution in [0.5, 0.6) is 0 Å². The maximum atomic E-state index is 11.8. The Kier molecular flexibility index (Phi) is 3.59. The van der Waals surface area contributed by atoms with Gasteiger partial charge in [-0.3, -0.25) is 4.79 Å². The number of hydrogen-bond donors (Lipinski definition) is 1. The molecular formula is C12H15BrN2O. The Morgan fingerprint density at radius 2 is 2.31 bits per heavy atom. The molecule has 1 unspecified atom stereocenters. The zero-order chi connectivity index (χ0) is 11.5. The molecule has 0 spiro atoms. The molecule has 0 saturated heterocycles. The van der Waals surface area contributed by atoms with Gasteiger partial charge in [-0.2, -0.15) is 0 Å². The molecule has 2 rings (SSSR count). The van der Waals surface area contributed by atoms with Crippen LogP contribution in [-0.2, 0) is 0 Å². The van der Waals surface area contributed by atoms with E-state index in [9.17, 15) is 4.79 Å². The van der Waals surface area contributed by atoms with Crippen LogP contribution in [0.25, 0.3) is 0 Å². The maximum Gasteiger partial charge on any atom is 0.270 e. The first kappa shape index (κ1) is 11.6. The van der Waals surface area contributed by atoms with E-state index in [-0.39, 0.29) is 11.9 Å². The lowest BCUT2D eigenvalue weighted by Gasteiger charge is -2.31. The maximum absolute atomic E-state index is 11.8. The fourth-order valence-electron chi connectivity index (χ4n) is 1.85. The average molecular weight is 283 g/mol. The molecule has 3 nitrogen and oxygen atoms in total. The molecule has 1 atom stereocenters. The molecule has 1 amide bonds. The summed E-state index contributed by atoms with van der Waals surface area (Å²) in [5.41, 5.74) is 0.481. The number of nitrogens with zero attached hydrogens (tertiary/aromatic N) is 1. The van der Waals surface area contributed by atoms with Gasteiger partial charge in [0.05, 0.1) is 0 Å². The van der Waals surface area contributed by atoms with Crippen molar-refractivity contribution < 1.29 is 4.79 Å². The number of halogens is 1. The SMILES string of the molecule is CC(NC(=O)c1ccc(Br)cn1)C1CCC1. The van der Waals surface area contributed by atoms with E-state index in [0.29, 0.717) is 11.6 Å². The summed E-state index contributed by atoms with van der Waals surface area (Å²) in [5.74, 6) is 0.575. The van der Waals surface area contributed by atoms with Crippen molar-refractivity contribution in [3.63, 3.8) is 0 Å². The van der Waals surface area contributed by atoms with Crippen LogP contribution in [0.3, 0.4) is 0 Å². The number of pyridine rings is 1. The van der Waals surface area contributed by atoms with E-state index in [2.05, 4.69) is 33.2 Å². The standard InChI is InChI=1S/C12H15BrN2O/c1-8(9-3-2-4-9)15-12(16)11-6-5-10(13)7-14-11/h5-9H,2-4H2,1H3,(H,15,16). The van der Waals surface area contributed by atoms with Crippen molar-refractivity contribution in [2.24, 2.45) is 5.92 Å². The monoisotopic (exact) mass is 282 g/mol. The van der Waals surface area contributed by atoms with E-state index in [1.165, 1.54) is 19.3 Å². The Balaban J connectivity index is 1.94. The summed E-state index contributed by atoms with van der Waals surface area (Å²) in [4.78, 5) is 15.9. The molecular weight excluding hydrogens is 268 g/mol. The van der Waals surface area contributed by atoms with Crippen LogP contribution in [0.1, 0.15) is 36.7 Å². The molecule has 1 N–H and O–H groups in total. The van der Waals surface area contributed by atoms with Crippen molar-refractivity contribution >= 4 is 21.8 Å². The van der Waals surface area contributed by atoms with Crippen LogP contribution in [0, 0.1) is 5.92 Å². The van der Waals surface area contributed by atoms with Gasteiger partial charge >= 0.3 is 0 Å². The van der Waals surface area contributed by atoms with Crippen molar-refractivity contribution in [1.82, 2.24) is 10.3 Å². The third-order valence-corrected chi connectivity index (χ3v) is 3.64. The summed E-state index contributed by atoms with van der Waals surface area (Å²) in [7, 11) is 0. The molecule has 1 aromatic rings. The number of aromatic nitrogens is 1. The van der Waals surface area contributed by atoms with Gasteiger partial charge in [0.1, 0.15) is 5.69 Å². The smallest absolute Gasteiger partial charge is 0.270 e. The van der Waals surface area contributed by atoms with Crippen molar-refractivity contribution in [2.45, 2.75) is 32.2 Å². The van der Waals surface area contributed by atoms with E-state index in [1.54, 1.807) is 12.3 Å². The van der Waals surface area contributed by atoms with E-state index >= 15 is 0 Å². The summed E-state index contributed by atoms with van der Waals surface area (Å²) in [6.07, 6.45) is 5.40. The lowest BCUT2D eigenvalue weighted by atomic mass is 9.80. The van der Waals surface area contributed by atoms with Gasteiger partial charge in [0, 0.05) is 16.7 Å². The first-order valence-corrected chi connectivity index (χ1v) is 6.38. The largest absolute Gasteiger partial charge is 0.348 e. The van der Waals surface area contributed by atoms with Gasteiger partial charge < -0.3 is 5.32 Å². The molecule has 1 aromatic heterocycles. The summed E-state index contributed by atoms with van der Waals surface area (Å²) in [6.45, 7) is 2.07. The number of carbonyl (C=O) groups excluding carboxylic acids is 1. The van der Waals surface area contributed by atoms with Crippen LogP contribution in [0.15, 0.2) is 22.8 Å². The lowest BCUT2D eigenvalue weighted by molar-refractivity contribution is 0.0904. The molecule has 1 saturated carbocycles. The molecule has 0 bridgehead atoms. The van der Waals surface area contributed by atoms with Crippen LogP contribution in [0.4, 0.5) is 0 Å². The molecule has 1 aliphatic carbocycles. The molecule has 0 radical (unpaired) electrons. The second-order valence-electron chi connectivity index (χ2n) is 4.31. The Morgan fingerprint density at radius 3 is 2.81 bits per heavy atom. The predicted molar refractivity (Wildman–Crippen MR) is 66.2 cm³/mol. The van der Waals surface area contributed by atoms with Crippen molar-refractivity contribution in [2.75, 3.05) is 0 Å². The minimum atomic E-state index is -0.0769. The second kappa shape index (κ2) is 4.95. The van der Waals surface area contributed by atoms with Crippen molar-refractivity contribution in [3.05, 3.63) is 28.5 Å². The zero-order valence-corrected chi connectivity index (χ0v) is 10.8. The Hall–Kier alpha value is -0.900. The highest BCUT2D eigenvalue weighted by atomic mass is 79.9. The minimum Gasteiger partial charge on any atom is -0.348 e. The third-order valence-electron chi connectivity index (χ3n) is 3.18. The van der Waals surface area contributed by atoms with E-state index < -0.39 is 0 Å². The Morgan fingerprint density at radius 1 is 1.56 bits per heavy atom. The molecule has 16 heavy (non-hydrogen) atoms. The van der Waals surface area contributed by atoms with Gasteiger partial charge in [-0.05, 0) is 53.7 Å². The van der Waals surface area contributed by atoms with Gasteiger partial charge in [0.15, 0.2) is 0 Å². The third kappa shape index (κ3) is 2.61. The first-order chi connectivity index (χ1) is 7.66. The lowest BCUT2D eigenvalue weighted by Crippen LogP contribution is -2.40. The van der Waals surface area contributed by atoms with Gasteiger partial charge in [-0.1, -0.05) is 6.42 Å². The summed E-state index contributed by atoms with van der Waals surface area (Å²) >= 11 is 3.29. The number of amides is 1. The van der Waals surface area contributed by atoms with Crippen molar-refractivity contribution in [3.8, 4) is 0 Å². The topological polar surface area (TPSA) is 42.0 Å². The summed E-state index contributed by atoms with van der Waals surface area (Å²) in [5, 5.41) is 3.00. The van der Waals surface area contributed by atoms with E-state index in [1.807, 2.05) is 6.07 Å². The van der Waals surface area contributed by atoms with Crippen LogP contribution < -0.4 is 5.32 Å². The number of rotatable bonds is 3. The highest BCUT2D eigenvalue weighted by Crippen LogP contribution is 2.29. The molecule has 4 heteroatoms. The minimum absolute atomic E-state index is 0.0769. The number of nitrogens with one attached hydrogen (secondary N) is 1. The fraction of sp³-hybridized carbons (Fsp3) is 0.500. The Labute approximate surface area is 104 Å². The van der Waals surface area contributed by atoms with Crippen LogP contribution in [-0.4, -0.2) is 16.9 Å². The van der Waals surface area contributed by atoms with Gasteiger partial charge in [0.25, 0.3) is 5.91 Å². The molecule has 86 valence electrons. The van der Waals surface area contributed by atoms with Crippen LogP contribution in [0.2, 0.25) is 0 Å². The Bertz CT molecular complexity index is 373. The van der Waals surface area contributed by atoms with E-state index in [4.69, 9.17) is 0 Å². The van der Waals surface area contributed by atoms with Gasteiger partial charge in [0.2, 0.25) is 0 Å². The molecule has 0 aliphatic heterocycles. The zero-order valence-electron chi connectivity index (χ0n) is 9.24. The molecule has 1 fully saturated rings. The second-order valence-corrected chi connectivity index (χ2v) is 5.23. The first-order valence-electron chi connectivity index (χ1n) is 5.59. The normalized spacial score (nSPS) is 17.6. The quantitative estimate of drug-likeness (QED) is 0.926. The average Bonchev–Trinajstić information content (AvgIpc) is 2.15. The molecule has 0 aromatic carbocycles. The van der Waals surface area contributed by atoms with Crippen LogP contribution >= 0.6 is 15.9 Å². The predicted octanol–water partition coefficient (Wildman–Crippen LogP) is 2.76. The fourth-order valence-corrected chi connectivity index (χ4v) is 2.08. The molecule has 1 aliphatic rings. The summed E-state index contributed by atoms with van der Waals surface area (Å²) in [6, 6.07) is 3.81.